The Labute approximate surface area is 118 Å². The lowest BCUT2D eigenvalue weighted by Crippen LogP contribution is -2.50. The van der Waals surface area contributed by atoms with Crippen LogP contribution in [0, 0.1) is 0 Å². The number of benzene rings is 1. The lowest BCUT2D eigenvalue weighted by Gasteiger charge is -2.31. The molecule has 110 valence electrons. The zero-order valence-electron chi connectivity index (χ0n) is 11.6. The van der Waals surface area contributed by atoms with Gasteiger partial charge < -0.3 is 5.11 Å². The predicted octanol–water partition coefficient (Wildman–Crippen LogP) is 1.09. The van der Waals surface area contributed by atoms with Crippen LogP contribution in [0.1, 0.15) is 19.4 Å². The Kier molecular flexibility index (Phi) is 3.75. The van der Waals surface area contributed by atoms with Gasteiger partial charge in [-0.3, -0.25) is 0 Å². The molecule has 0 aliphatic carbocycles. The van der Waals surface area contributed by atoms with Crippen molar-refractivity contribution in [2.45, 2.75) is 32.4 Å². The van der Waals surface area contributed by atoms with Crippen molar-refractivity contribution in [2.24, 2.45) is 0 Å². The molecule has 0 saturated carbocycles. The number of hydrogen-bond donors (Lipinski definition) is 1. The first-order chi connectivity index (χ1) is 9.26. The lowest BCUT2D eigenvalue weighted by molar-refractivity contribution is -0.138. The quantitative estimate of drug-likeness (QED) is 0.902. The third kappa shape index (κ3) is 2.27. The number of aliphatic carboxylic acids is 1. The van der Waals surface area contributed by atoms with Gasteiger partial charge in [0.1, 0.15) is 6.04 Å². The van der Waals surface area contributed by atoms with Crippen molar-refractivity contribution < 1.29 is 18.3 Å². The van der Waals surface area contributed by atoms with Crippen LogP contribution in [0.4, 0.5) is 5.69 Å². The van der Waals surface area contributed by atoms with Crippen LogP contribution in [0.5, 0.6) is 0 Å². The van der Waals surface area contributed by atoms with Gasteiger partial charge in [-0.2, -0.15) is 12.7 Å². The van der Waals surface area contributed by atoms with Gasteiger partial charge in [-0.25, -0.2) is 9.10 Å². The van der Waals surface area contributed by atoms with Crippen LogP contribution >= 0.6 is 0 Å². The van der Waals surface area contributed by atoms with Crippen LogP contribution in [-0.4, -0.2) is 42.9 Å². The molecule has 1 aromatic rings. The van der Waals surface area contributed by atoms with E-state index in [1.165, 1.54) is 11.4 Å². The van der Waals surface area contributed by atoms with Crippen molar-refractivity contribution in [1.82, 2.24) is 4.31 Å². The normalized spacial score (nSPS) is 18.6. The van der Waals surface area contributed by atoms with Gasteiger partial charge in [0.2, 0.25) is 0 Å². The van der Waals surface area contributed by atoms with Gasteiger partial charge >= 0.3 is 16.2 Å². The maximum atomic E-state index is 12.6. The number of rotatable bonds is 4. The highest BCUT2D eigenvalue weighted by atomic mass is 32.2. The fourth-order valence-corrected chi connectivity index (χ4v) is 3.96. The molecule has 1 aliphatic rings. The Balaban J connectivity index is 2.54. The smallest absolute Gasteiger partial charge is 0.327 e. The van der Waals surface area contributed by atoms with Gasteiger partial charge in [-0.05, 0) is 25.5 Å². The molecule has 7 heteroatoms. The first kappa shape index (κ1) is 14.8. The highest BCUT2D eigenvalue weighted by molar-refractivity contribution is 7.90. The van der Waals surface area contributed by atoms with Crippen molar-refractivity contribution >= 4 is 21.9 Å². The number of para-hydroxylation sites is 1. The van der Waals surface area contributed by atoms with E-state index in [1.807, 2.05) is 0 Å². The molecule has 20 heavy (non-hydrogen) atoms. The molecule has 6 nitrogen and oxygen atoms in total. The van der Waals surface area contributed by atoms with Crippen LogP contribution in [-0.2, 0) is 21.4 Å². The molecule has 0 bridgehead atoms. The number of hydrogen-bond acceptors (Lipinski definition) is 3. The van der Waals surface area contributed by atoms with Crippen molar-refractivity contribution in [3.8, 4) is 0 Å². The van der Waals surface area contributed by atoms with E-state index >= 15 is 0 Å². The molecule has 0 unspecified atom stereocenters. The van der Waals surface area contributed by atoms with Crippen LogP contribution in [0.25, 0.3) is 0 Å². The molecule has 1 aromatic carbocycles. The largest absolute Gasteiger partial charge is 0.480 e. The number of nitrogens with zero attached hydrogens (tertiary/aromatic N) is 2. The summed E-state index contributed by atoms with van der Waals surface area (Å²) in [5.74, 6) is -1.14. The Hall–Kier alpha value is -1.60. The summed E-state index contributed by atoms with van der Waals surface area (Å²) in [7, 11) is -2.40. The van der Waals surface area contributed by atoms with Crippen molar-refractivity contribution in [3.63, 3.8) is 0 Å². The third-order valence-electron chi connectivity index (χ3n) is 3.55. The Morgan fingerprint density at radius 2 is 2.00 bits per heavy atom. The minimum Gasteiger partial charge on any atom is -0.480 e. The first-order valence-corrected chi connectivity index (χ1v) is 7.74. The molecule has 0 amide bonds. The maximum Gasteiger partial charge on any atom is 0.327 e. The van der Waals surface area contributed by atoms with E-state index in [9.17, 15) is 18.3 Å². The highest BCUT2D eigenvalue weighted by Crippen LogP contribution is 2.35. The summed E-state index contributed by atoms with van der Waals surface area (Å²) in [6.07, 6.45) is 0.191. The van der Waals surface area contributed by atoms with Gasteiger partial charge in [0.15, 0.2) is 0 Å². The Morgan fingerprint density at radius 3 is 2.55 bits per heavy atom. The second-order valence-corrected chi connectivity index (χ2v) is 6.97. The van der Waals surface area contributed by atoms with Gasteiger partial charge in [0, 0.05) is 19.5 Å². The molecule has 1 heterocycles. The average molecular weight is 298 g/mol. The van der Waals surface area contributed by atoms with Gasteiger partial charge in [0.05, 0.1) is 5.69 Å². The predicted molar refractivity (Wildman–Crippen MR) is 75.9 cm³/mol. The first-order valence-electron chi connectivity index (χ1n) is 6.35. The van der Waals surface area contributed by atoms with Crippen molar-refractivity contribution in [2.75, 3.05) is 11.4 Å². The van der Waals surface area contributed by atoms with E-state index in [0.29, 0.717) is 5.69 Å². The summed E-state index contributed by atoms with van der Waals surface area (Å²) in [5, 5.41) is 9.31. The number of anilines is 1. The van der Waals surface area contributed by atoms with Crippen LogP contribution in [0.15, 0.2) is 24.3 Å². The van der Waals surface area contributed by atoms with Gasteiger partial charge in [-0.1, -0.05) is 18.2 Å². The fraction of sp³-hybridized carbons (Fsp3) is 0.462. The Bertz CT molecular complexity index is 627. The number of carboxylic acids is 1. The van der Waals surface area contributed by atoms with E-state index in [2.05, 4.69) is 0 Å². The van der Waals surface area contributed by atoms with E-state index in [4.69, 9.17) is 0 Å². The summed E-state index contributed by atoms with van der Waals surface area (Å²) in [5.41, 5.74) is 1.19. The Morgan fingerprint density at radius 1 is 1.40 bits per heavy atom. The molecule has 0 aromatic heterocycles. The van der Waals surface area contributed by atoms with Gasteiger partial charge in [0.25, 0.3) is 0 Å². The fourth-order valence-electron chi connectivity index (χ4n) is 2.24. The molecular weight excluding hydrogens is 280 g/mol. The average Bonchev–Trinajstić information content (AvgIpc) is 2.77. The SMILES string of the molecule is CC(C)N(C)S(=O)(=O)N1c2ccccc2C[C@H]1C(=O)O. The van der Waals surface area contributed by atoms with Crippen LogP contribution in [0.3, 0.4) is 0 Å². The number of carboxylic acid groups (broad SMARTS) is 1. The standard InChI is InChI=1S/C13H18N2O4S/c1-9(2)14(3)20(18,19)15-11-7-5-4-6-10(11)8-12(15)13(16)17/h4-7,9,12H,8H2,1-3H3,(H,16,17)/t12-/m0/s1. The minimum atomic E-state index is -3.86. The molecule has 0 fully saturated rings. The zero-order valence-corrected chi connectivity index (χ0v) is 12.5. The van der Waals surface area contributed by atoms with Crippen molar-refractivity contribution in [3.05, 3.63) is 29.8 Å². The number of fused-ring (bicyclic) bond motifs is 1. The third-order valence-corrected chi connectivity index (χ3v) is 5.65. The molecule has 2 rings (SSSR count). The van der Waals surface area contributed by atoms with Crippen LogP contribution < -0.4 is 4.31 Å². The second-order valence-electron chi connectivity index (χ2n) is 5.10. The van der Waals surface area contributed by atoms with E-state index in [1.54, 1.807) is 38.1 Å². The van der Waals surface area contributed by atoms with E-state index in [-0.39, 0.29) is 12.5 Å². The summed E-state index contributed by atoms with van der Waals surface area (Å²) < 4.78 is 27.5. The molecular formula is C13H18N2O4S. The molecule has 0 saturated heterocycles. The molecule has 1 aliphatic heterocycles. The zero-order chi connectivity index (χ0) is 15.1. The second kappa shape index (κ2) is 5.06. The summed E-state index contributed by atoms with van der Waals surface area (Å²) >= 11 is 0. The van der Waals surface area contributed by atoms with E-state index < -0.39 is 22.2 Å². The molecule has 1 N–H and O–H groups in total. The van der Waals surface area contributed by atoms with Crippen LogP contribution in [0.2, 0.25) is 0 Å². The molecule has 0 radical (unpaired) electrons. The maximum absolute atomic E-state index is 12.6. The summed E-state index contributed by atoms with van der Waals surface area (Å²) in [4.78, 5) is 11.4. The van der Waals surface area contributed by atoms with E-state index in [0.717, 1.165) is 9.87 Å². The minimum absolute atomic E-state index is 0.191. The van der Waals surface area contributed by atoms with Crippen molar-refractivity contribution in [1.29, 1.82) is 0 Å². The highest BCUT2D eigenvalue weighted by Gasteiger charge is 2.43. The number of carbonyl (C=O) groups is 1. The molecule has 1 atom stereocenters. The lowest BCUT2D eigenvalue weighted by atomic mass is 10.1. The summed E-state index contributed by atoms with van der Waals surface area (Å²) in [6.45, 7) is 3.49. The monoisotopic (exact) mass is 298 g/mol. The topological polar surface area (TPSA) is 77.9 Å². The molecule has 0 spiro atoms. The summed E-state index contributed by atoms with van der Waals surface area (Å²) in [6, 6.07) is 5.56. The van der Waals surface area contributed by atoms with Gasteiger partial charge in [-0.15, -0.1) is 0 Å².